The van der Waals surface area contributed by atoms with Gasteiger partial charge in [0.15, 0.2) is 5.75 Å². The highest BCUT2D eigenvalue weighted by atomic mass is 35.5. The summed E-state index contributed by atoms with van der Waals surface area (Å²) in [7, 11) is 0. The molecule has 1 aromatic carbocycles. The van der Waals surface area contributed by atoms with Crippen molar-refractivity contribution in [2.45, 2.75) is 0 Å². The first-order valence-corrected chi connectivity index (χ1v) is 4.95. The van der Waals surface area contributed by atoms with E-state index >= 15 is 0 Å². The molecule has 0 aliphatic heterocycles. The Balaban J connectivity index is 2.44. The number of hydrogen-bond acceptors (Lipinski definition) is 5. The third-order valence-electron chi connectivity index (χ3n) is 1.89. The van der Waals surface area contributed by atoms with E-state index in [1.54, 1.807) is 12.1 Å². The second kappa shape index (κ2) is 4.75. The Bertz CT molecular complexity index is 553. The number of tetrazole rings is 1. The zero-order chi connectivity index (χ0) is 12.3. The summed E-state index contributed by atoms with van der Waals surface area (Å²) in [5.74, 6) is -0.323. The van der Waals surface area contributed by atoms with E-state index in [4.69, 9.17) is 16.3 Å². The molecule has 7 heteroatoms. The van der Waals surface area contributed by atoms with E-state index in [0.29, 0.717) is 10.7 Å². The van der Waals surface area contributed by atoms with Gasteiger partial charge in [0.25, 0.3) is 0 Å². The van der Waals surface area contributed by atoms with Crippen molar-refractivity contribution in [1.29, 1.82) is 0 Å². The number of nitrogens with zero attached hydrogens (tertiary/aromatic N) is 4. The molecule has 0 fully saturated rings. The van der Waals surface area contributed by atoms with Gasteiger partial charge in [-0.15, -0.1) is 5.10 Å². The van der Waals surface area contributed by atoms with Gasteiger partial charge in [0.1, 0.15) is 12.0 Å². The van der Waals surface area contributed by atoms with E-state index < -0.39 is 5.97 Å². The molecule has 6 nitrogen and oxygen atoms in total. The first kappa shape index (κ1) is 11.3. The molecule has 0 aliphatic carbocycles. The predicted molar refractivity (Wildman–Crippen MR) is 60.0 cm³/mol. The van der Waals surface area contributed by atoms with Gasteiger partial charge in [-0.05, 0) is 22.6 Å². The van der Waals surface area contributed by atoms with Crippen LogP contribution in [0.15, 0.2) is 37.2 Å². The number of ether oxygens (including phenoxy) is 1. The smallest absolute Gasteiger partial charge is 0.335 e. The van der Waals surface area contributed by atoms with Crippen LogP contribution in [-0.4, -0.2) is 26.2 Å². The molecule has 2 rings (SSSR count). The average molecular weight is 251 g/mol. The van der Waals surface area contributed by atoms with Crippen molar-refractivity contribution >= 4 is 17.6 Å². The first-order valence-electron chi connectivity index (χ1n) is 4.58. The van der Waals surface area contributed by atoms with E-state index in [1.807, 2.05) is 0 Å². The van der Waals surface area contributed by atoms with Crippen LogP contribution in [0.5, 0.6) is 5.75 Å². The van der Waals surface area contributed by atoms with Gasteiger partial charge in [-0.25, -0.2) is 4.79 Å². The third kappa shape index (κ3) is 2.48. The molecule has 1 aromatic heterocycles. The SMILES string of the molecule is C=CC(=O)Oc1cc(Cl)ccc1-n1cnnn1. The van der Waals surface area contributed by atoms with Gasteiger partial charge in [0, 0.05) is 17.2 Å². The minimum Gasteiger partial charge on any atom is -0.421 e. The Morgan fingerprint density at radius 1 is 1.53 bits per heavy atom. The summed E-state index contributed by atoms with van der Waals surface area (Å²) < 4.78 is 6.40. The maximum Gasteiger partial charge on any atom is 0.335 e. The molecule has 2 aromatic rings. The molecular weight excluding hydrogens is 244 g/mol. The normalized spacial score (nSPS) is 9.94. The Kier molecular flexibility index (Phi) is 3.15. The lowest BCUT2D eigenvalue weighted by molar-refractivity contribution is -0.128. The molecular formula is C10H7ClN4O2. The predicted octanol–water partition coefficient (Wildman–Crippen LogP) is 1.41. The Morgan fingerprint density at radius 2 is 2.35 bits per heavy atom. The molecule has 86 valence electrons. The van der Waals surface area contributed by atoms with E-state index in [1.165, 1.54) is 17.1 Å². The highest BCUT2D eigenvalue weighted by molar-refractivity contribution is 6.30. The molecule has 0 bridgehead atoms. The standard InChI is InChI=1S/C10H7ClN4O2/c1-2-10(16)17-9-5-7(11)3-4-8(9)15-6-12-13-14-15/h2-6H,1H2. The number of aromatic nitrogens is 4. The lowest BCUT2D eigenvalue weighted by Crippen LogP contribution is -2.07. The molecule has 17 heavy (non-hydrogen) atoms. The highest BCUT2D eigenvalue weighted by Crippen LogP contribution is 2.26. The summed E-state index contributed by atoms with van der Waals surface area (Å²) in [4.78, 5) is 11.2. The van der Waals surface area contributed by atoms with Crippen molar-refractivity contribution in [1.82, 2.24) is 20.2 Å². The second-order valence-electron chi connectivity index (χ2n) is 2.99. The van der Waals surface area contributed by atoms with E-state index in [9.17, 15) is 4.79 Å². The van der Waals surface area contributed by atoms with Gasteiger partial charge >= 0.3 is 5.97 Å². The van der Waals surface area contributed by atoms with Crippen molar-refractivity contribution in [3.63, 3.8) is 0 Å². The van der Waals surface area contributed by atoms with Crippen LogP contribution in [0, 0.1) is 0 Å². The second-order valence-corrected chi connectivity index (χ2v) is 3.43. The van der Waals surface area contributed by atoms with Crippen molar-refractivity contribution in [3.05, 3.63) is 42.2 Å². The van der Waals surface area contributed by atoms with Crippen molar-refractivity contribution < 1.29 is 9.53 Å². The first-order chi connectivity index (χ1) is 8.20. The minimum atomic E-state index is -0.582. The average Bonchev–Trinajstić information content (AvgIpc) is 2.82. The zero-order valence-corrected chi connectivity index (χ0v) is 9.33. The summed E-state index contributed by atoms with van der Waals surface area (Å²) in [5.41, 5.74) is 0.509. The Morgan fingerprint density at radius 3 is 3.00 bits per heavy atom. The lowest BCUT2D eigenvalue weighted by Gasteiger charge is -2.07. The molecule has 0 amide bonds. The largest absolute Gasteiger partial charge is 0.421 e. The summed E-state index contributed by atoms with van der Waals surface area (Å²) >= 11 is 5.83. The van der Waals surface area contributed by atoms with Gasteiger partial charge < -0.3 is 4.74 Å². The lowest BCUT2D eigenvalue weighted by atomic mass is 10.3. The van der Waals surface area contributed by atoms with Crippen LogP contribution in [0.1, 0.15) is 0 Å². The number of esters is 1. The number of carbonyl (C=O) groups excluding carboxylic acids is 1. The summed E-state index contributed by atoms with van der Waals surface area (Å²) in [6.07, 6.45) is 2.44. The molecule has 0 saturated carbocycles. The van der Waals surface area contributed by atoms with Gasteiger partial charge in [0.05, 0.1) is 0 Å². The molecule has 0 N–H and O–H groups in total. The molecule has 0 radical (unpaired) electrons. The zero-order valence-electron chi connectivity index (χ0n) is 8.58. The maximum atomic E-state index is 11.2. The van der Waals surface area contributed by atoms with Crippen LogP contribution in [-0.2, 0) is 4.79 Å². The number of carbonyl (C=O) groups is 1. The summed E-state index contributed by atoms with van der Waals surface area (Å²) in [5, 5.41) is 11.1. The van der Waals surface area contributed by atoms with E-state index in [2.05, 4.69) is 22.1 Å². The molecule has 0 aliphatic rings. The molecule has 0 saturated heterocycles. The van der Waals surface area contributed by atoms with Gasteiger partial charge in [0.2, 0.25) is 0 Å². The molecule has 0 atom stereocenters. The summed E-state index contributed by atoms with van der Waals surface area (Å²) in [6, 6.07) is 4.79. The van der Waals surface area contributed by atoms with Crippen LogP contribution >= 0.6 is 11.6 Å². The topological polar surface area (TPSA) is 69.9 Å². The van der Waals surface area contributed by atoms with Gasteiger partial charge in [-0.1, -0.05) is 18.2 Å². The summed E-state index contributed by atoms with van der Waals surface area (Å²) in [6.45, 7) is 3.32. The fourth-order valence-corrected chi connectivity index (χ4v) is 1.34. The number of rotatable bonds is 3. The van der Waals surface area contributed by atoms with Crippen LogP contribution < -0.4 is 4.74 Å². The van der Waals surface area contributed by atoms with E-state index in [0.717, 1.165) is 6.08 Å². The van der Waals surface area contributed by atoms with Crippen LogP contribution in [0.2, 0.25) is 5.02 Å². The fraction of sp³-hybridized carbons (Fsp3) is 0. The van der Waals surface area contributed by atoms with E-state index in [-0.39, 0.29) is 5.75 Å². The van der Waals surface area contributed by atoms with Crippen LogP contribution in [0.4, 0.5) is 0 Å². The van der Waals surface area contributed by atoms with Crippen molar-refractivity contribution in [2.75, 3.05) is 0 Å². The van der Waals surface area contributed by atoms with Gasteiger partial charge in [-0.3, -0.25) is 0 Å². The van der Waals surface area contributed by atoms with Gasteiger partial charge in [-0.2, -0.15) is 4.68 Å². The number of benzene rings is 1. The van der Waals surface area contributed by atoms with Crippen LogP contribution in [0.25, 0.3) is 5.69 Å². The Hall–Kier alpha value is -2.21. The number of halogens is 1. The fourth-order valence-electron chi connectivity index (χ4n) is 1.18. The quantitative estimate of drug-likeness (QED) is 0.468. The van der Waals surface area contributed by atoms with Crippen molar-refractivity contribution in [3.8, 4) is 11.4 Å². The molecule has 0 unspecified atom stereocenters. The third-order valence-corrected chi connectivity index (χ3v) is 2.13. The number of hydrogen-bond donors (Lipinski definition) is 0. The molecule has 0 spiro atoms. The van der Waals surface area contributed by atoms with Crippen molar-refractivity contribution in [2.24, 2.45) is 0 Å². The maximum absolute atomic E-state index is 11.2. The van der Waals surface area contributed by atoms with Crippen LogP contribution in [0.3, 0.4) is 0 Å². The minimum absolute atomic E-state index is 0.259. The molecule has 1 heterocycles. The monoisotopic (exact) mass is 250 g/mol. The Labute approximate surface area is 101 Å². The highest BCUT2D eigenvalue weighted by Gasteiger charge is 2.10.